The molecule has 1 unspecified atom stereocenters. The molecule has 0 aromatic heterocycles. The Morgan fingerprint density at radius 1 is 0.962 bits per heavy atom. The van der Waals surface area contributed by atoms with E-state index in [1.165, 1.54) is 22.3 Å². The summed E-state index contributed by atoms with van der Waals surface area (Å²) in [6, 6.07) is 21.8. The molecule has 3 nitrogen and oxygen atoms in total. The van der Waals surface area contributed by atoms with E-state index >= 15 is 0 Å². The number of amides is 1. The molecule has 3 aromatic rings. The van der Waals surface area contributed by atoms with Crippen molar-refractivity contribution in [3.63, 3.8) is 0 Å². The molecule has 0 heterocycles. The van der Waals surface area contributed by atoms with Gasteiger partial charge in [-0.15, -0.1) is 0 Å². The van der Waals surface area contributed by atoms with Gasteiger partial charge >= 0.3 is 0 Å². The number of benzene rings is 3. The molecule has 1 N–H and O–H groups in total. The Bertz CT molecular complexity index is 1030. The quantitative estimate of drug-likeness (QED) is 0.586. The normalized spacial score (nSPS) is 13.0. The van der Waals surface area contributed by atoms with Crippen molar-refractivity contribution >= 4 is 22.4 Å². The Kier molecular flexibility index (Phi) is 4.43. The molecule has 0 fully saturated rings. The van der Waals surface area contributed by atoms with Crippen molar-refractivity contribution in [3.05, 3.63) is 89.0 Å². The first kappa shape index (κ1) is 16.7. The van der Waals surface area contributed by atoms with Gasteiger partial charge in [0.05, 0.1) is 0 Å². The second-order valence-electron chi connectivity index (χ2n) is 6.58. The minimum Gasteiger partial charge on any atom is -0.322 e. The molecule has 26 heavy (non-hydrogen) atoms. The lowest BCUT2D eigenvalue weighted by Gasteiger charge is -2.09. The van der Waals surface area contributed by atoms with Crippen molar-refractivity contribution in [1.29, 1.82) is 0 Å². The maximum atomic E-state index is 12.6. The van der Waals surface area contributed by atoms with Crippen LogP contribution in [-0.4, -0.2) is 16.4 Å². The topological polar surface area (TPSA) is 46.2 Å². The zero-order valence-electron chi connectivity index (χ0n) is 14.5. The fourth-order valence-electron chi connectivity index (χ4n) is 3.46. The molecule has 1 aliphatic rings. The van der Waals surface area contributed by atoms with Crippen LogP contribution in [0.5, 0.6) is 0 Å². The average Bonchev–Trinajstić information content (AvgIpc) is 2.99. The van der Waals surface area contributed by atoms with Gasteiger partial charge in [0.15, 0.2) is 0 Å². The predicted octanol–water partition coefficient (Wildman–Crippen LogP) is 4.39. The van der Waals surface area contributed by atoms with Gasteiger partial charge in [0.2, 0.25) is 0 Å². The van der Waals surface area contributed by atoms with Crippen LogP contribution in [0.4, 0.5) is 5.69 Å². The Morgan fingerprint density at radius 3 is 2.62 bits per heavy atom. The van der Waals surface area contributed by atoms with E-state index < -0.39 is 10.8 Å². The largest absolute Gasteiger partial charge is 0.322 e. The molecule has 0 aliphatic heterocycles. The van der Waals surface area contributed by atoms with Crippen LogP contribution in [0, 0.1) is 0 Å². The molecule has 3 aromatic carbocycles. The summed E-state index contributed by atoms with van der Waals surface area (Å²) in [4.78, 5) is 12.6. The number of anilines is 1. The Labute approximate surface area is 155 Å². The Hall–Kier alpha value is -2.72. The molecule has 130 valence electrons. The number of nitrogens with one attached hydrogen (secondary N) is 1. The van der Waals surface area contributed by atoms with Crippen LogP contribution in [0.25, 0.3) is 11.1 Å². The van der Waals surface area contributed by atoms with E-state index in [-0.39, 0.29) is 5.91 Å². The smallest absolute Gasteiger partial charge is 0.255 e. The molecule has 0 radical (unpaired) electrons. The highest BCUT2D eigenvalue weighted by Crippen LogP contribution is 2.37. The molecule has 4 heteroatoms. The molecular formula is C22H19NO2S. The van der Waals surface area contributed by atoms with Gasteiger partial charge in [0.1, 0.15) is 0 Å². The molecule has 1 amide bonds. The number of rotatable bonds is 4. The van der Waals surface area contributed by atoms with Crippen LogP contribution in [0.3, 0.4) is 0 Å². The molecule has 0 spiro atoms. The summed E-state index contributed by atoms with van der Waals surface area (Å²) in [7, 11) is -0.927. The first-order valence-electron chi connectivity index (χ1n) is 8.52. The molecular weight excluding hydrogens is 342 g/mol. The first-order valence-corrected chi connectivity index (χ1v) is 10.2. The third-order valence-electron chi connectivity index (χ3n) is 4.61. The number of fused-ring (bicyclic) bond motifs is 3. The van der Waals surface area contributed by atoms with E-state index in [0.717, 1.165) is 17.7 Å². The van der Waals surface area contributed by atoms with E-state index in [0.29, 0.717) is 11.3 Å². The van der Waals surface area contributed by atoms with Crippen molar-refractivity contribution in [2.45, 2.75) is 12.2 Å². The monoisotopic (exact) mass is 361 g/mol. The maximum Gasteiger partial charge on any atom is 0.255 e. The molecule has 1 aliphatic carbocycles. The van der Waals surface area contributed by atoms with Crippen LogP contribution in [0.15, 0.2) is 66.7 Å². The van der Waals surface area contributed by atoms with E-state index in [4.69, 9.17) is 0 Å². The third kappa shape index (κ3) is 3.33. The van der Waals surface area contributed by atoms with Gasteiger partial charge in [-0.1, -0.05) is 42.5 Å². The second kappa shape index (κ2) is 6.89. The van der Waals surface area contributed by atoms with E-state index in [2.05, 4.69) is 41.7 Å². The summed E-state index contributed by atoms with van der Waals surface area (Å²) in [6.45, 7) is 0. The van der Waals surface area contributed by atoms with Gasteiger partial charge in [-0.3, -0.25) is 9.00 Å². The van der Waals surface area contributed by atoms with E-state index in [9.17, 15) is 9.00 Å². The van der Waals surface area contributed by atoms with Gasteiger partial charge in [0, 0.05) is 34.1 Å². The van der Waals surface area contributed by atoms with Crippen LogP contribution in [0.1, 0.15) is 27.0 Å². The summed E-state index contributed by atoms with van der Waals surface area (Å²) in [5, 5.41) is 2.98. The average molecular weight is 361 g/mol. The molecule has 1 atom stereocenters. The summed E-state index contributed by atoms with van der Waals surface area (Å²) in [5.74, 6) is 0.308. The van der Waals surface area contributed by atoms with Gasteiger partial charge in [-0.05, 0) is 58.5 Å². The van der Waals surface area contributed by atoms with E-state index in [1.54, 1.807) is 18.4 Å². The lowest BCUT2D eigenvalue weighted by Crippen LogP contribution is -2.12. The third-order valence-corrected chi connectivity index (χ3v) is 5.35. The maximum absolute atomic E-state index is 12.6. The number of carbonyl (C=O) groups is 1. The standard InChI is InChI=1S/C22H19NO2S/c1-26(25)14-15-5-4-7-17(11-15)22(24)23-19-9-10-21-18(13-19)12-16-6-2-3-8-20(16)21/h2-11,13H,12,14H2,1H3,(H,23,24). The number of carbonyl (C=O) groups excluding carboxylic acids is 1. The predicted molar refractivity (Wildman–Crippen MR) is 107 cm³/mol. The van der Waals surface area contributed by atoms with Crippen LogP contribution in [0.2, 0.25) is 0 Å². The SMILES string of the molecule is CS(=O)Cc1cccc(C(=O)Nc2ccc3c(c2)Cc2ccccc2-3)c1. The molecule has 0 bridgehead atoms. The van der Waals surface area contributed by atoms with Crippen LogP contribution < -0.4 is 5.32 Å². The lowest BCUT2D eigenvalue weighted by molar-refractivity contribution is 0.102. The lowest BCUT2D eigenvalue weighted by atomic mass is 10.1. The van der Waals surface area contributed by atoms with Gasteiger partial charge < -0.3 is 5.32 Å². The zero-order valence-corrected chi connectivity index (χ0v) is 15.3. The molecule has 0 saturated heterocycles. The highest BCUT2D eigenvalue weighted by Gasteiger charge is 2.18. The zero-order chi connectivity index (χ0) is 18.1. The fourth-order valence-corrected chi connectivity index (χ4v) is 4.11. The summed E-state index contributed by atoms with van der Waals surface area (Å²) in [5.41, 5.74) is 7.36. The highest BCUT2D eigenvalue weighted by atomic mass is 32.2. The van der Waals surface area contributed by atoms with Gasteiger partial charge in [0.25, 0.3) is 5.91 Å². The van der Waals surface area contributed by atoms with E-state index in [1.807, 2.05) is 18.2 Å². The molecule has 0 saturated carbocycles. The number of hydrogen-bond donors (Lipinski definition) is 1. The highest BCUT2D eigenvalue weighted by molar-refractivity contribution is 7.83. The molecule has 4 rings (SSSR count). The van der Waals surface area contributed by atoms with Crippen molar-refractivity contribution in [3.8, 4) is 11.1 Å². The van der Waals surface area contributed by atoms with Crippen molar-refractivity contribution in [2.24, 2.45) is 0 Å². The van der Waals surface area contributed by atoms with Crippen molar-refractivity contribution < 1.29 is 9.00 Å². The Balaban J connectivity index is 1.54. The number of hydrogen-bond acceptors (Lipinski definition) is 2. The first-order chi connectivity index (χ1) is 12.6. The summed E-state index contributed by atoms with van der Waals surface area (Å²) >= 11 is 0. The van der Waals surface area contributed by atoms with Crippen molar-refractivity contribution in [2.75, 3.05) is 11.6 Å². The second-order valence-corrected chi connectivity index (χ2v) is 8.01. The van der Waals surface area contributed by atoms with Crippen LogP contribution in [-0.2, 0) is 23.0 Å². The fraction of sp³-hybridized carbons (Fsp3) is 0.136. The minimum atomic E-state index is -0.927. The summed E-state index contributed by atoms with van der Waals surface area (Å²) in [6.07, 6.45) is 2.56. The minimum absolute atomic E-state index is 0.149. The van der Waals surface area contributed by atoms with Crippen molar-refractivity contribution in [1.82, 2.24) is 0 Å². The Morgan fingerprint density at radius 2 is 1.77 bits per heavy atom. The van der Waals surface area contributed by atoms with Gasteiger partial charge in [-0.2, -0.15) is 0 Å². The summed E-state index contributed by atoms with van der Waals surface area (Å²) < 4.78 is 11.4. The van der Waals surface area contributed by atoms with Gasteiger partial charge in [-0.25, -0.2) is 0 Å². The van der Waals surface area contributed by atoms with Crippen LogP contribution >= 0.6 is 0 Å².